The monoisotopic (exact) mass is 380 g/mol. The van der Waals surface area contributed by atoms with E-state index in [1.807, 2.05) is 39.0 Å². The number of aryl methyl sites for hydroxylation is 3. The number of hydrogen-bond acceptors (Lipinski definition) is 2. The molecule has 0 fully saturated rings. The van der Waals surface area contributed by atoms with Gasteiger partial charge in [0.05, 0.1) is 6.54 Å². The van der Waals surface area contributed by atoms with E-state index in [4.69, 9.17) is 11.6 Å². The molecule has 3 rings (SSSR count). The third-order valence-electron chi connectivity index (χ3n) is 4.56. The second-order valence-electron chi connectivity index (χ2n) is 6.70. The van der Waals surface area contributed by atoms with Gasteiger partial charge in [-0.1, -0.05) is 41.4 Å². The summed E-state index contributed by atoms with van der Waals surface area (Å²) in [4.78, 5) is 25.5. The molecule has 0 saturated carbocycles. The number of carbonyl (C=O) groups is 1. The summed E-state index contributed by atoms with van der Waals surface area (Å²) in [6.07, 6.45) is 1.70. The summed E-state index contributed by atoms with van der Waals surface area (Å²) < 4.78 is 1.56. The molecule has 138 valence electrons. The molecule has 0 aliphatic heterocycles. The molecule has 1 amide bonds. The molecule has 27 heavy (non-hydrogen) atoms. The standard InChI is InChI=1S/C22H21ClN2O2/c1-14-6-7-15(2)17(11-14)13-25-10-4-5-19(22(25)27)21(26)24-20-12-18(23)9-8-16(20)3/h4-12H,13H2,1-3H3,(H,24,26). The normalized spacial score (nSPS) is 10.7. The van der Waals surface area contributed by atoms with Crippen LogP contribution in [0, 0.1) is 20.8 Å². The summed E-state index contributed by atoms with van der Waals surface area (Å²) in [5.41, 5.74) is 4.54. The molecule has 3 aromatic rings. The van der Waals surface area contributed by atoms with E-state index in [-0.39, 0.29) is 11.1 Å². The summed E-state index contributed by atoms with van der Waals surface area (Å²) in [6.45, 7) is 6.32. The minimum absolute atomic E-state index is 0.0992. The highest BCUT2D eigenvalue weighted by molar-refractivity contribution is 6.31. The van der Waals surface area contributed by atoms with Gasteiger partial charge in [-0.3, -0.25) is 9.59 Å². The predicted octanol–water partition coefficient (Wildman–Crippen LogP) is 4.73. The van der Waals surface area contributed by atoms with Crippen molar-refractivity contribution in [1.29, 1.82) is 0 Å². The van der Waals surface area contributed by atoms with Gasteiger partial charge in [0.15, 0.2) is 0 Å². The Morgan fingerprint density at radius 3 is 2.56 bits per heavy atom. The first-order valence-electron chi connectivity index (χ1n) is 8.68. The van der Waals surface area contributed by atoms with E-state index in [0.29, 0.717) is 17.3 Å². The van der Waals surface area contributed by atoms with Crippen LogP contribution in [0.3, 0.4) is 0 Å². The van der Waals surface area contributed by atoms with Crippen LogP contribution >= 0.6 is 11.6 Å². The molecule has 0 radical (unpaired) electrons. The number of hydrogen-bond donors (Lipinski definition) is 1. The number of halogens is 1. The predicted molar refractivity (Wildman–Crippen MR) is 110 cm³/mol. The van der Waals surface area contributed by atoms with Crippen LogP contribution < -0.4 is 10.9 Å². The SMILES string of the molecule is Cc1ccc(C)c(Cn2cccc(C(=O)Nc3cc(Cl)ccc3C)c2=O)c1. The Bertz CT molecular complexity index is 1070. The van der Waals surface area contributed by atoms with Crippen molar-refractivity contribution in [1.82, 2.24) is 4.57 Å². The van der Waals surface area contributed by atoms with Gasteiger partial charge in [0.25, 0.3) is 11.5 Å². The van der Waals surface area contributed by atoms with Crippen LogP contribution in [0.25, 0.3) is 0 Å². The number of rotatable bonds is 4. The van der Waals surface area contributed by atoms with Gasteiger partial charge in [0, 0.05) is 16.9 Å². The average Bonchev–Trinajstić information content (AvgIpc) is 2.63. The zero-order chi connectivity index (χ0) is 19.6. The Morgan fingerprint density at radius 2 is 1.78 bits per heavy atom. The van der Waals surface area contributed by atoms with Gasteiger partial charge in [-0.2, -0.15) is 0 Å². The summed E-state index contributed by atoms with van der Waals surface area (Å²) in [7, 11) is 0. The first kappa shape index (κ1) is 18.9. The lowest BCUT2D eigenvalue weighted by Gasteiger charge is -2.12. The summed E-state index contributed by atoms with van der Waals surface area (Å²) in [5.74, 6) is -0.444. The third-order valence-corrected chi connectivity index (χ3v) is 4.79. The molecular weight excluding hydrogens is 360 g/mol. The maximum absolute atomic E-state index is 12.8. The Balaban J connectivity index is 1.90. The second-order valence-corrected chi connectivity index (χ2v) is 7.13. The first-order chi connectivity index (χ1) is 12.8. The summed E-state index contributed by atoms with van der Waals surface area (Å²) >= 11 is 6.00. The number of carbonyl (C=O) groups excluding carboxylic acids is 1. The third kappa shape index (κ3) is 4.29. The van der Waals surface area contributed by atoms with Crippen molar-refractivity contribution in [3.05, 3.63) is 97.9 Å². The highest BCUT2D eigenvalue weighted by atomic mass is 35.5. The van der Waals surface area contributed by atoms with E-state index in [1.54, 1.807) is 29.0 Å². The summed E-state index contributed by atoms with van der Waals surface area (Å²) in [6, 6.07) is 14.6. The highest BCUT2D eigenvalue weighted by Gasteiger charge is 2.14. The molecule has 5 heteroatoms. The number of benzene rings is 2. The van der Waals surface area contributed by atoms with Gasteiger partial charge < -0.3 is 9.88 Å². The first-order valence-corrected chi connectivity index (χ1v) is 9.06. The number of amides is 1. The zero-order valence-electron chi connectivity index (χ0n) is 15.5. The smallest absolute Gasteiger partial charge is 0.263 e. The van der Waals surface area contributed by atoms with Crippen LogP contribution in [0.4, 0.5) is 5.69 Å². The van der Waals surface area contributed by atoms with Gasteiger partial charge in [-0.05, 0) is 61.7 Å². The van der Waals surface area contributed by atoms with Crippen molar-refractivity contribution in [2.24, 2.45) is 0 Å². The van der Waals surface area contributed by atoms with Gasteiger partial charge in [0.1, 0.15) is 5.56 Å². The lowest BCUT2D eigenvalue weighted by molar-refractivity contribution is 0.102. The molecule has 0 atom stereocenters. The fourth-order valence-corrected chi connectivity index (χ4v) is 3.08. The zero-order valence-corrected chi connectivity index (χ0v) is 16.3. The van der Waals surface area contributed by atoms with E-state index in [2.05, 4.69) is 11.4 Å². The molecule has 4 nitrogen and oxygen atoms in total. The van der Waals surface area contributed by atoms with Gasteiger partial charge in [0.2, 0.25) is 0 Å². The Morgan fingerprint density at radius 1 is 1.04 bits per heavy atom. The molecule has 1 heterocycles. The quantitative estimate of drug-likeness (QED) is 0.711. The van der Waals surface area contributed by atoms with Crippen LogP contribution in [0.1, 0.15) is 32.6 Å². The van der Waals surface area contributed by atoms with Crippen LogP contribution in [0.2, 0.25) is 5.02 Å². The molecule has 2 aromatic carbocycles. The van der Waals surface area contributed by atoms with Crippen molar-refractivity contribution in [3.8, 4) is 0 Å². The molecular formula is C22H21ClN2O2. The Kier molecular flexibility index (Phi) is 5.47. The molecule has 0 spiro atoms. The average molecular weight is 381 g/mol. The Hall–Kier alpha value is -2.85. The van der Waals surface area contributed by atoms with Crippen LogP contribution in [0.15, 0.2) is 59.5 Å². The lowest BCUT2D eigenvalue weighted by atomic mass is 10.1. The summed E-state index contributed by atoms with van der Waals surface area (Å²) in [5, 5.41) is 3.31. The maximum Gasteiger partial charge on any atom is 0.263 e. The van der Waals surface area contributed by atoms with Crippen LogP contribution in [-0.4, -0.2) is 10.5 Å². The molecule has 0 aliphatic rings. The van der Waals surface area contributed by atoms with E-state index in [0.717, 1.165) is 22.3 Å². The molecule has 0 unspecified atom stereocenters. The van der Waals surface area contributed by atoms with Crippen molar-refractivity contribution >= 4 is 23.2 Å². The lowest BCUT2D eigenvalue weighted by Crippen LogP contribution is -2.29. The number of anilines is 1. The minimum Gasteiger partial charge on any atom is -0.322 e. The number of nitrogens with zero attached hydrogens (tertiary/aromatic N) is 1. The molecule has 0 saturated heterocycles. The molecule has 1 aromatic heterocycles. The van der Waals surface area contributed by atoms with E-state index < -0.39 is 5.91 Å². The van der Waals surface area contributed by atoms with Crippen molar-refractivity contribution in [3.63, 3.8) is 0 Å². The topological polar surface area (TPSA) is 51.1 Å². The van der Waals surface area contributed by atoms with Crippen LogP contribution in [0.5, 0.6) is 0 Å². The molecule has 0 aliphatic carbocycles. The van der Waals surface area contributed by atoms with E-state index in [9.17, 15) is 9.59 Å². The van der Waals surface area contributed by atoms with E-state index in [1.165, 1.54) is 6.07 Å². The van der Waals surface area contributed by atoms with Crippen molar-refractivity contribution < 1.29 is 4.79 Å². The second kappa shape index (κ2) is 7.80. The number of aromatic nitrogens is 1. The van der Waals surface area contributed by atoms with Crippen molar-refractivity contribution in [2.75, 3.05) is 5.32 Å². The van der Waals surface area contributed by atoms with Gasteiger partial charge in [-0.25, -0.2) is 0 Å². The minimum atomic E-state index is -0.444. The van der Waals surface area contributed by atoms with Gasteiger partial charge in [-0.15, -0.1) is 0 Å². The molecule has 1 N–H and O–H groups in total. The fourth-order valence-electron chi connectivity index (χ4n) is 2.91. The number of nitrogens with one attached hydrogen (secondary N) is 1. The highest BCUT2D eigenvalue weighted by Crippen LogP contribution is 2.20. The number of pyridine rings is 1. The molecule has 0 bridgehead atoms. The van der Waals surface area contributed by atoms with E-state index >= 15 is 0 Å². The van der Waals surface area contributed by atoms with Crippen molar-refractivity contribution in [2.45, 2.75) is 27.3 Å². The van der Waals surface area contributed by atoms with Gasteiger partial charge >= 0.3 is 0 Å². The largest absolute Gasteiger partial charge is 0.322 e. The fraction of sp³-hybridized carbons (Fsp3) is 0.182. The van der Waals surface area contributed by atoms with Crippen LogP contribution in [-0.2, 0) is 6.54 Å². The Labute approximate surface area is 163 Å². The maximum atomic E-state index is 12.8.